The number of nitrogens with zero attached hydrogens (tertiary/aromatic N) is 1. The zero-order valence-corrected chi connectivity index (χ0v) is 10.1. The lowest BCUT2D eigenvalue weighted by molar-refractivity contribution is -0.144. The van der Waals surface area contributed by atoms with Gasteiger partial charge in [0.05, 0.1) is 5.92 Å². The molecule has 0 unspecified atom stereocenters. The van der Waals surface area contributed by atoms with E-state index in [0.29, 0.717) is 12.1 Å². The monoisotopic (exact) mass is 235 g/mol. The Labute approximate surface area is 101 Å². The normalized spacial score (nSPS) is 12.4. The third-order valence-corrected chi connectivity index (χ3v) is 2.62. The Kier molecular flexibility index (Phi) is 4.82. The molecule has 1 heterocycles. The molecule has 1 aromatic rings. The van der Waals surface area contributed by atoms with Crippen molar-refractivity contribution in [3.8, 4) is 0 Å². The summed E-state index contributed by atoms with van der Waals surface area (Å²) in [6, 6.07) is 5.36. The van der Waals surface area contributed by atoms with E-state index in [4.69, 9.17) is 5.11 Å². The van der Waals surface area contributed by atoms with Crippen LogP contribution in [-0.4, -0.2) is 21.8 Å². The van der Waals surface area contributed by atoms with Crippen molar-refractivity contribution in [1.82, 2.24) is 4.98 Å². The summed E-state index contributed by atoms with van der Waals surface area (Å²) in [5.74, 6) is -1.77. The van der Waals surface area contributed by atoms with Crippen LogP contribution in [0.25, 0.3) is 0 Å². The van der Waals surface area contributed by atoms with E-state index < -0.39 is 11.9 Å². The Morgan fingerprint density at radius 1 is 1.35 bits per heavy atom. The zero-order chi connectivity index (χ0) is 12.8. The molecule has 0 fully saturated rings. The van der Waals surface area contributed by atoms with Crippen molar-refractivity contribution in [3.63, 3.8) is 0 Å². The molecule has 0 aliphatic carbocycles. The van der Waals surface area contributed by atoms with Gasteiger partial charge in [0.25, 0.3) is 0 Å². The predicted molar refractivity (Wildman–Crippen MR) is 63.5 cm³/mol. The Morgan fingerprint density at radius 2 is 2.06 bits per heavy atom. The Morgan fingerprint density at radius 3 is 2.53 bits per heavy atom. The standard InChI is InChI=1S/C13H17NO3/c1-9(2)12(15)8-10(13(16)17)7-11-5-3-4-6-14-11/h3-6,9-10H,7-8H2,1-2H3,(H,16,17)/t10-/m1/s1. The average molecular weight is 235 g/mol. The third kappa shape index (κ3) is 4.34. The molecule has 4 heteroatoms. The van der Waals surface area contributed by atoms with Crippen LogP contribution in [0.3, 0.4) is 0 Å². The van der Waals surface area contributed by atoms with Crippen molar-refractivity contribution in [3.05, 3.63) is 30.1 Å². The second-order valence-electron chi connectivity index (χ2n) is 4.39. The molecule has 0 radical (unpaired) electrons. The first-order valence-electron chi connectivity index (χ1n) is 5.66. The van der Waals surface area contributed by atoms with Gasteiger partial charge in [0, 0.05) is 30.7 Å². The topological polar surface area (TPSA) is 67.3 Å². The van der Waals surface area contributed by atoms with E-state index in [9.17, 15) is 9.59 Å². The summed E-state index contributed by atoms with van der Waals surface area (Å²) in [5.41, 5.74) is 0.705. The van der Waals surface area contributed by atoms with Crippen LogP contribution in [-0.2, 0) is 16.0 Å². The van der Waals surface area contributed by atoms with E-state index in [0.717, 1.165) is 0 Å². The highest BCUT2D eigenvalue weighted by atomic mass is 16.4. The van der Waals surface area contributed by atoms with E-state index >= 15 is 0 Å². The van der Waals surface area contributed by atoms with E-state index in [1.165, 1.54) is 0 Å². The minimum absolute atomic E-state index is 0.0201. The molecule has 0 amide bonds. The molecule has 0 saturated heterocycles. The maximum Gasteiger partial charge on any atom is 0.307 e. The van der Waals surface area contributed by atoms with Crippen LogP contribution in [0, 0.1) is 11.8 Å². The molecule has 0 saturated carbocycles. The third-order valence-electron chi connectivity index (χ3n) is 2.62. The number of Topliss-reactive ketones (excluding diaryl/α,β-unsaturated/α-hetero) is 1. The van der Waals surface area contributed by atoms with Crippen LogP contribution in [0.4, 0.5) is 0 Å². The van der Waals surface area contributed by atoms with Gasteiger partial charge >= 0.3 is 5.97 Å². The number of carboxylic acids is 1. The van der Waals surface area contributed by atoms with Crippen LogP contribution in [0.5, 0.6) is 0 Å². The maximum absolute atomic E-state index is 11.6. The summed E-state index contributed by atoms with van der Waals surface area (Å²) in [7, 11) is 0. The van der Waals surface area contributed by atoms with Crippen LogP contribution in [0.2, 0.25) is 0 Å². The molecule has 0 aromatic carbocycles. The summed E-state index contributed by atoms with van der Waals surface area (Å²) in [6.07, 6.45) is 2.00. The maximum atomic E-state index is 11.6. The van der Waals surface area contributed by atoms with Crippen LogP contribution < -0.4 is 0 Å². The van der Waals surface area contributed by atoms with Gasteiger partial charge in [-0.1, -0.05) is 19.9 Å². The number of ketones is 1. The molecule has 17 heavy (non-hydrogen) atoms. The number of aromatic nitrogens is 1. The van der Waals surface area contributed by atoms with Crippen molar-refractivity contribution < 1.29 is 14.7 Å². The van der Waals surface area contributed by atoms with Gasteiger partial charge in [0.1, 0.15) is 5.78 Å². The van der Waals surface area contributed by atoms with E-state index in [-0.39, 0.29) is 18.1 Å². The van der Waals surface area contributed by atoms with Gasteiger partial charge in [-0.3, -0.25) is 14.6 Å². The second-order valence-corrected chi connectivity index (χ2v) is 4.39. The minimum atomic E-state index is -0.940. The van der Waals surface area contributed by atoms with Crippen molar-refractivity contribution in [2.24, 2.45) is 11.8 Å². The number of carbonyl (C=O) groups excluding carboxylic acids is 1. The number of carboxylic acid groups (broad SMARTS) is 1. The molecular weight excluding hydrogens is 218 g/mol. The largest absolute Gasteiger partial charge is 0.481 e. The Balaban J connectivity index is 2.68. The molecule has 1 rings (SSSR count). The van der Waals surface area contributed by atoms with Crippen LogP contribution >= 0.6 is 0 Å². The van der Waals surface area contributed by atoms with Gasteiger partial charge in [-0.25, -0.2) is 0 Å². The summed E-state index contributed by atoms with van der Waals surface area (Å²) >= 11 is 0. The summed E-state index contributed by atoms with van der Waals surface area (Å²) in [6.45, 7) is 3.56. The van der Waals surface area contributed by atoms with Crippen molar-refractivity contribution in [1.29, 1.82) is 0 Å². The molecule has 92 valence electrons. The molecule has 0 aliphatic heterocycles. The van der Waals surface area contributed by atoms with Gasteiger partial charge in [0.15, 0.2) is 0 Å². The van der Waals surface area contributed by atoms with Crippen molar-refractivity contribution >= 4 is 11.8 Å². The first-order chi connectivity index (χ1) is 8.00. The first kappa shape index (κ1) is 13.4. The van der Waals surface area contributed by atoms with Crippen molar-refractivity contribution in [2.75, 3.05) is 0 Å². The van der Waals surface area contributed by atoms with Gasteiger partial charge in [-0.15, -0.1) is 0 Å². The fourth-order valence-electron chi connectivity index (χ4n) is 1.50. The summed E-state index contributed by atoms with van der Waals surface area (Å²) in [5, 5.41) is 9.09. The fourth-order valence-corrected chi connectivity index (χ4v) is 1.50. The van der Waals surface area contributed by atoms with Gasteiger partial charge in [-0.2, -0.15) is 0 Å². The Hall–Kier alpha value is -1.71. The predicted octanol–water partition coefficient (Wildman–Crippen LogP) is 1.94. The molecule has 4 nitrogen and oxygen atoms in total. The highest BCUT2D eigenvalue weighted by Crippen LogP contribution is 2.14. The number of hydrogen-bond acceptors (Lipinski definition) is 3. The lowest BCUT2D eigenvalue weighted by atomic mass is 9.93. The molecule has 0 bridgehead atoms. The van der Waals surface area contributed by atoms with Gasteiger partial charge in [0.2, 0.25) is 0 Å². The highest BCUT2D eigenvalue weighted by Gasteiger charge is 2.23. The molecule has 0 aliphatic rings. The molecule has 1 aromatic heterocycles. The quantitative estimate of drug-likeness (QED) is 0.818. The number of aliphatic carboxylic acids is 1. The minimum Gasteiger partial charge on any atom is -0.481 e. The lowest BCUT2D eigenvalue weighted by Gasteiger charge is -2.12. The smallest absolute Gasteiger partial charge is 0.307 e. The molecular formula is C13H17NO3. The number of pyridine rings is 1. The summed E-state index contributed by atoms with van der Waals surface area (Å²) in [4.78, 5) is 26.7. The van der Waals surface area contributed by atoms with Crippen molar-refractivity contribution in [2.45, 2.75) is 26.7 Å². The van der Waals surface area contributed by atoms with E-state index in [1.807, 2.05) is 6.07 Å². The lowest BCUT2D eigenvalue weighted by Crippen LogP contribution is -2.22. The highest BCUT2D eigenvalue weighted by molar-refractivity contribution is 5.85. The number of hydrogen-bond donors (Lipinski definition) is 1. The second kappa shape index (κ2) is 6.13. The number of carbonyl (C=O) groups is 2. The van der Waals surface area contributed by atoms with Crippen LogP contribution in [0.1, 0.15) is 26.0 Å². The van der Waals surface area contributed by atoms with E-state index in [2.05, 4.69) is 4.98 Å². The summed E-state index contributed by atoms with van der Waals surface area (Å²) < 4.78 is 0. The first-order valence-corrected chi connectivity index (χ1v) is 5.66. The van der Waals surface area contributed by atoms with Crippen LogP contribution in [0.15, 0.2) is 24.4 Å². The molecule has 1 N–H and O–H groups in total. The average Bonchev–Trinajstić information content (AvgIpc) is 2.29. The molecule has 0 spiro atoms. The fraction of sp³-hybridized carbons (Fsp3) is 0.462. The number of rotatable bonds is 6. The van der Waals surface area contributed by atoms with Gasteiger partial charge < -0.3 is 5.11 Å². The van der Waals surface area contributed by atoms with Gasteiger partial charge in [-0.05, 0) is 12.1 Å². The Bertz CT molecular complexity index is 387. The molecule has 1 atom stereocenters. The van der Waals surface area contributed by atoms with E-state index in [1.54, 1.807) is 32.2 Å². The SMILES string of the molecule is CC(C)C(=O)C[C@@H](Cc1ccccn1)C(=O)O. The zero-order valence-electron chi connectivity index (χ0n) is 10.1.